The molecule has 0 saturated heterocycles. The SMILES string of the molecule is [B]C([B])(Br)c1ccc2cnn(C)c2c1. The molecule has 0 aliphatic carbocycles. The predicted molar refractivity (Wildman–Crippen MR) is 62.8 cm³/mol. The van der Waals surface area contributed by atoms with Crippen LogP contribution in [-0.2, 0) is 11.2 Å². The van der Waals surface area contributed by atoms with Gasteiger partial charge in [0, 0.05) is 12.4 Å². The van der Waals surface area contributed by atoms with Gasteiger partial charge in [0.1, 0.15) is 0 Å². The normalized spacial score (nSPS) is 12.1. The van der Waals surface area contributed by atoms with Crippen LogP contribution in [0.4, 0.5) is 0 Å². The molecule has 0 N–H and O–H groups in total. The van der Waals surface area contributed by atoms with Crippen LogP contribution in [0, 0.1) is 0 Å². The van der Waals surface area contributed by atoms with Crippen LogP contribution >= 0.6 is 15.9 Å². The highest BCUT2D eigenvalue weighted by atomic mass is 79.9. The Balaban J connectivity index is 2.66. The van der Waals surface area contributed by atoms with Crippen LogP contribution < -0.4 is 0 Å². The van der Waals surface area contributed by atoms with E-state index in [2.05, 4.69) is 21.0 Å². The quantitative estimate of drug-likeness (QED) is 0.548. The molecule has 5 heteroatoms. The van der Waals surface area contributed by atoms with Gasteiger partial charge in [0.05, 0.1) is 27.4 Å². The molecule has 66 valence electrons. The Bertz CT molecular complexity index is 473. The summed E-state index contributed by atoms with van der Waals surface area (Å²) in [4.78, 5) is 0. The molecule has 0 fully saturated rings. The largest absolute Gasteiger partial charge is 0.268 e. The standard InChI is InChI=1S/C9H7B2BrN2/c1-14-8-4-7(9(10,11)12)3-2-6(8)5-13-14/h2-5H,1H3. The minimum absolute atomic E-state index is 0.827. The van der Waals surface area contributed by atoms with Crippen molar-refractivity contribution in [3.8, 4) is 0 Å². The number of aromatic nitrogens is 2. The molecule has 0 aliphatic heterocycles. The van der Waals surface area contributed by atoms with Crippen molar-refractivity contribution in [3.05, 3.63) is 30.0 Å². The van der Waals surface area contributed by atoms with E-state index >= 15 is 0 Å². The van der Waals surface area contributed by atoms with Gasteiger partial charge in [-0.1, -0.05) is 12.1 Å². The Labute approximate surface area is 93.6 Å². The highest BCUT2D eigenvalue weighted by Gasteiger charge is 2.15. The maximum absolute atomic E-state index is 5.73. The van der Waals surface area contributed by atoms with Crippen LogP contribution in [0.15, 0.2) is 24.4 Å². The van der Waals surface area contributed by atoms with Crippen molar-refractivity contribution in [2.24, 2.45) is 7.05 Å². The summed E-state index contributed by atoms with van der Waals surface area (Å²) < 4.78 is 0.809. The lowest BCUT2D eigenvalue weighted by Gasteiger charge is -2.17. The number of aryl methyl sites for hydroxylation is 1. The zero-order valence-corrected chi connectivity index (χ0v) is 9.32. The van der Waals surface area contributed by atoms with Crippen LogP contribution in [0.1, 0.15) is 5.56 Å². The fraction of sp³-hybridized carbons (Fsp3) is 0.222. The molecule has 0 unspecified atom stereocenters. The number of alkyl halides is 1. The minimum Gasteiger partial charge on any atom is -0.268 e. The van der Waals surface area contributed by atoms with Crippen molar-refractivity contribution in [1.82, 2.24) is 9.78 Å². The molecule has 0 atom stereocenters. The highest BCUT2D eigenvalue weighted by Crippen LogP contribution is 2.26. The third kappa shape index (κ3) is 1.61. The Kier molecular flexibility index (Phi) is 2.22. The lowest BCUT2D eigenvalue weighted by molar-refractivity contribution is 0.796. The zero-order valence-electron chi connectivity index (χ0n) is 7.74. The molecule has 4 radical (unpaired) electrons. The Hall–Kier alpha value is -0.700. The summed E-state index contributed by atoms with van der Waals surface area (Å²) >= 11 is 3.21. The number of halogens is 1. The first-order valence-corrected chi connectivity index (χ1v) is 4.97. The number of benzene rings is 1. The fourth-order valence-electron chi connectivity index (χ4n) is 1.38. The van der Waals surface area contributed by atoms with Crippen LogP contribution in [0.2, 0.25) is 0 Å². The van der Waals surface area contributed by atoms with E-state index in [4.69, 9.17) is 15.7 Å². The average Bonchev–Trinajstić information content (AvgIpc) is 2.46. The third-order valence-corrected chi connectivity index (χ3v) is 2.65. The summed E-state index contributed by atoms with van der Waals surface area (Å²) in [7, 11) is 13.3. The highest BCUT2D eigenvalue weighted by molar-refractivity contribution is 9.10. The van der Waals surface area contributed by atoms with E-state index in [-0.39, 0.29) is 0 Å². The third-order valence-electron chi connectivity index (χ3n) is 2.19. The summed E-state index contributed by atoms with van der Waals surface area (Å²) in [6.07, 6.45) is 1.81. The smallest absolute Gasteiger partial charge is 0.0834 e. The molecule has 1 aromatic carbocycles. The summed E-state index contributed by atoms with van der Waals surface area (Å²) in [5, 5.41) is 5.22. The number of nitrogens with zero attached hydrogens (tertiary/aromatic N) is 2. The fourth-order valence-corrected chi connectivity index (χ4v) is 1.63. The van der Waals surface area contributed by atoms with Gasteiger partial charge >= 0.3 is 0 Å². The van der Waals surface area contributed by atoms with E-state index in [1.165, 1.54) is 0 Å². The van der Waals surface area contributed by atoms with E-state index in [9.17, 15) is 0 Å². The van der Waals surface area contributed by atoms with Crippen LogP contribution in [-0.4, -0.2) is 25.5 Å². The van der Waals surface area contributed by atoms with E-state index in [0.29, 0.717) is 0 Å². The van der Waals surface area contributed by atoms with Gasteiger partial charge in [-0.05, 0) is 15.8 Å². The number of hydrogen-bond acceptors (Lipinski definition) is 1. The lowest BCUT2D eigenvalue weighted by Crippen LogP contribution is -2.17. The molecule has 2 nitrogen and oxygen atoms in total. The van der Waals surface area contributed by atoms with Crippen LogP contribution in [0.3, 0.4) is 0 Å². The van der Waals surface area contributed by atoms with Gasteiger partial charge in [-0.2, -0.15) is 5.10 Å². The van der Waals surface area contributed by atoms with Crippen LogP contribution in [0.25, 0.3) is 10.9 Å². The second kappa shape index (κ2) is 3.16. The van der Waals surface area contributed by atoms with Gasteiger partial charge in [-0.3, -0.25) is 4.68 Å². The Morgan fingerprint density at radius 1 is 1.43 bits per heavy atom. The van der Waals surface area contributed by atoms with Crippen LogP contribution in [0.5, 0.6) is 0 Å². The number of fused-ring (bicyclic) bond motifs is 1. The van der Waals surface area contributed by atoms with Crippen molar-refractivity contribution in [2.75, 3.05) is 0 Å². The van der Waals surface area contributed by atoms with Crippen molar-refractivity contribution in [2.45, 2.75) is 4.12 Å². The monoisotopic (exact) mass is 244 g/mol. The van der Waals surface area contributed by atoms with Gasteiger partial charge in [0.15, 0.2) is 0 Å². The Morgan fingerprint density at radius 2 is 2.14 bits per heavy atom. The molecule has 0 spiro atoms. The topological polar surface area (TPSA) is 17.8 Å². The van der Waals surface area contributed by atoms with Crippen molar-refractivity contribution < 1.29 is 0 Å². The maximum atomic E-state index is 5.73. The molecule has 0 saturated carbocycles. The molecule has 1 heterocycles. The molecule has 0 aliphatic rings. The number of hydrogen-bond donors (Lipinski definition) is 0. The summed E-state index contributed by atoms with van der Waals surface area (Å²) in [6, 6.07) is 5.77. The van der Waals surface area contributed by atoms with Gasteiger partial charge in [0.25, 0.3) is 0 Å². The molecular formula is C9H7B2BrN2. The van der Waals surface area contributed by atoms with Gasteiger partial charge in [-0.25, -0.2) is 0 Å². The van der Waals surface area contributed by atoms with E-state index < -0.39 is 4.12 Å². The molecule has 2 rings (SSSR count). The molecule has 1 aromatic heterocycles. The first kappa shape index (κ1) is 9.84. The minimum atomic E-state index is -0.981. The molecule has 14 heavy (non-hydrogen) atoms. The average molecular weight is 245 g/mol. The molecule has 0 bridgehead atoms. The summed E-state index contributed by atoms with van der Waals surface area (Å²) in [5.41, 5.74) is 1.84. The second-order valence-electron chi connectivity index (χ2n) is 3.31. The first-order chi connectivity index (χ1) is 6.48. The van der Waals surface area contributed by atoms with E-state index in [1.807, 2.05) is 31.4 Å². The summed E-state index contributed by atoms with van der Waals surface area (Å²) in [5.74, 6) is 0. The molecule has 0 amide bonds. The maximum Gasteiger partial charge on any atom is 0.0834 e. The van der Waals surface area contributed by atoms with Crippen molar-refractivity contribution in [3.63, 3.8) is 0 Å². The van der Waals surface area contributed by atoms with E-state index in [1.54, 1.807) is 4.68 Å². The Morgan fingerprint density at radius 3 is 2.79 bits per heavy atom. The van der Waals surface area contributed by atoms with Crippen molar-refractivity contribution >= 4 is 42.5 Å². The van der Waals surface area contributed by atoms with Gasteiger partial charge in [-0.15, -0.1) is 15.9 Å². The zero-order chi connectivity index (χ0) is 10.3. The predicted octanol–water partition coefficient (Wildman–Crippen LogP) is 1.42. The lowest BCUT2D eigenvalue weighted by atomic mass is 9.66. The van der Waals surface area contributed by atoms with E-state index in [0.717, 1.165) is 16.5 Å². The molecular weight excluding hydrogens is 238 g/mol. The first-order valence-electron chi connectivity index (χ1n) is 4.17. The van der Waals surface area contributed by atoms with Gasteiger partial charge in [0.2, 0.25) is 0 Å². The summed E-state index contributed by atoms with van der Waals surface area (Å²) in [6.45, 7) is 0. The van der Waals surface area contributed by atoms with Gasteiger partial charge < -0.3 is 0 Å². The molecule has 2 aromatic rings. The number of rotatable bonds is 1. The second-order valence-corrected chi connectivity index (χ2v) is 4.62. The van der Waals surface area contributed by atoms with Crippen molar-refractivity contribution in [1.29, 1.82) is 0 Å².